The highest BCUT2D eigenvalue weighted by Gasteiger charge is 1.96. The molecule has 0 aliphatic carbocycles. The maximum absolute atomic E-state index is 10.2. The van der Waals surface area contributed by atoms with Gasteiger partial charge in [0.2, 0.25) is 0 Å². The van der Waals surface area contributed by atoms with Crippen molar-refractivity contribution in [1.82, 2.24) is 0 Å². The van der Waals surface area contributed by atoms with Gasteiger partial charge < -0.3 is 9.84 Å². The number of para-hydroxylation sites is 1. The molecular weight excluding hydrogens is 192 g/mol. The summed E-state index contributed by atoms with van der Waals surface area (Å²) in [4.78, 5) is 10.2. The number of ether oxygens (including phenoxy) is 1. The SMILES string of the molecule is CC.O=C(O)CCCOc1ccccc1. The van der Waals surface area contributed by atoms with Crippen molar-refractivity contribution >= 4 is 5.97 Å². The number of hydrogen-bond donors (Lipinski definition) is 1. The Morgan fingerprint density at radius 2 is 1.87 bits per heavy atom. The van der Waals surface area contributed by atoms with Crippen LogP contribution in [0, 0.1) is 0 Å². The molecule has 3 nitrogen and oxygen atoms in total. The summed E-state index contributed by atoms with van der Waals surface area (Å²) in [5.41, 5.74) is 0. The Morgan fingerprint density at radius 3 is 2.40 bits per heavy atom. The van der Waals surface area contributed by atoms with E-state index < -0.39 is 5.97 Å². The van der Waals surface area contributed by atoms with Crippen LogP contribution >= 0.6 is 0 Å². The molecule has 0 spiro atoms. The molecule has 1 aromatic carbocycles. The molecule has 0 amide bonds. The van der Waals surface area contributed by atoms with Crippen LogP contribution in [0.1, 0.15) is 26.7 Å². The van der Waals surface area contributed by atoms with E-state index >= 15 is 0 Å². The molecular formula is C12H18O3. The summed E-state index contributed by atoms with van der Waals surface area (Å²) >= 11 is 0. The van der Waals surface area contributed by atoms with Gasteiger partial charge in [0.1, 0.15) is 5.75 Å². The first-order chi connectivity index (χ1) is 7.29. The van der Waals surface area contributed by atoms with Gasteiger partial charge in [0.15, 0.2) is 0 Å². The lowest BCUT2D eigenvalue weighted by atomic mass is 10.3. The van der Waals surface area contributed by atoms with E-state index in [2.05, 4.69) is 0 Å². The van der Waals surface area contributed by atoms with Gasteiger partial charge in [-0.05, 0) is 18.6 Å². The standard InChI is InChI=1S/C10H12O3.C2H6/c11-10(12)7-4-8-13-9-5-2-1-3-6-9;1-2/h1-3,5-6H,4,7-8H2,(H,11,12);1-2H3. The Kier molecular flexibility index (Phi) is 8.15. The lowest BCUT2D eigenvalue weighted by Gasteiger charge is -2.03. The van der Waals surface area contributed by atoms with Crippen molar-refractivity contribution in [3.63, 3.8) is 0 Å². The van der Waals surface area contributed by atoms with Crippen LogP contribution in [-0.2, 0) is 4.79 Å². The van der Waals surface area contributed by atoms with E-state index in [4.69, 9.17) is 9.84 Å². The molecule has 0 atom stereocenters. The molecule has 0 bridgehead atoms. The summed E-state index contributed by atoms with van der Waals surface area (Å²) in [5, 5.41) is 8.36. The van der Waals surface area contributed by atoms with Crippen LogP contribution in [0.2, 0.25) is 0 Å². The fourth-order valence-electron chi connectivity index (χ4n) is 0.930. The predicted molar refractivity (Wildman–Crippen MR) is 60.2 cm³/mol. The molecule has 0 heterocycles. The van der Waals surface area contributed by atoms with Crippen LogP contribution in [-0.4, -0.2) is 17.7 Å². The van der Waals surface area contributed by atoms with Crippen molar-refractivity contribution in [3.05, 3.63) is 30.3 Å². The van der Waals surface area contributed by atoms with E-state index in [-0.39, 0.29) is 6.42 Å². The maximum atomic E-state index is 10.2. The minimum absolute atomic E-state index is 0.160. The van der Waals surface area contributed by atoms with Crippen molar-refractivity contribution < 1.29 is 14.6 Å². The number of carbonyl (C=O) groups is 1. The molecule has 0 fully saturated rings. The zero-order chi connectivity index (χ0) is 11.5. The van der Waals surface area contributed by atoms with E-state index in [1.807, 2.05) is 44.2 Å². The van der Waals surface area contributed by atoms with Gasteiger partial charge in [-0.25, -0.2) is 0 Å². The first kappa shape index (κ1) is 13.5. The van der Waals surface area contributed by atoms with Crippen molar-refractivity contribution in [2.24, 2.45) is 0 Å². The second kappa shape index (κ2) is 9.06. The number of benzene rings is 1. The summed E-state index contributed by atoms with van der Waals surface area (Å²) < 4.78 is 5.29. The molecule has 84 valence electrons. The van der Waals surface area contributed by atoms with Gasteiger partial charge in [-0.3, -0.25) is 4.79 Å². The molecule has 0 aliphatic rings. The van der Waals surface area contributed by atoms with E-state index in [0.29, 0.717) is 13.0 Å². The zero-order valence-corrected chi connectivity index (χ0v) is 9.27. The predicted octanol–water partition coefficient (Wildman–Crippen LogP) is 2.96. The molecule has 1 aromatic rings. The first-order valence-corrected chi connectivity index (χ1v) is 5.18. The Balaban J connectivity index is 0.000000921. The molecule has 0 radical (unpaired) electrons. The smallest absolute Gasteiger partial charge is 0.303 e. The normalized spacial score (nSPS) is 8.67. The van der Waals surface area contributed by atoms with Crippen LogP contribution in [0.15, 0.2) is 30.3 Å². The van der Waals surface area contributed by atoms with Crippen LogP contribution < -0.4 is 4.74 Å². The highest BCUT2D eigenvalue weighted by molar-refractivity contribution is 5.66. The van der Waals surface area contributed by atoms with Crippen LogP contribution in [0.5, 0.6) is 5.75 Å². The van der Waals surface area contributed by atoms with E-state index in [0.717, 1.165) is 5.75 Å². The van der Waals surface area contributed by atoms with Gasteiger partial charge in [-0.2, -0.15) is 0 Å². The van der Waals surface area contributed by atoms with Gasteiger partial charge in [0, 0.05) is 6.42 Å². The Labute approximate surface area is 90.7 Å². The highest BCUT2D eigenvalue weighted by Crippen LogP contribution is 2.08. The number of rotatable bonds is 5. The molecule has 1 N–H and O–H groups in total. The molecule has 0 saturated carbocycles. The van der Waals surface area contributed by atoms with Crippen molar-refractivity contribution in [3.8, 4) is 5.75 Å². The summed E-state index contributed by atoms with van der Waals surface area (Å²) in [7, 11) is 0. The third kappa shape index (κ3) is 7.55. The van der Waals surface area contributed by atoms with Gasteiger partial charge in [-0.1, -0.05) is 32.0 Å². The number of carboxylic acid groups (broad SMARTS) is 1. The molecule has 0 aliphatic heterocycles. The second-order valence-corrected chi connectivity index (χ2v) is 2.66. The third-order valence-electron chi connectivity index (χ3n) is 1.55. The van der Waals surface area contributed by atoms with Crippen molar-refractivity contribution in [1.29, 1.82) is 0 Å². The fourth-order valence-corrected chi connectivity index (χ4v) is 0.930. The van der Waals surface area contributed by atoms with E-state index in [9.17, 15) is 4.79 Å². The molecule has 0 saturated heterocycles. The van der Waals surface area contributed by atoms with Crippen molar-refractivity contribution in [2.45, 2.75) is 26.7 Å². The Bertz CT molecular complexity index is 257. The number of hydrogen-bond acceptors (Lipinski definition) is 2. The molecule has 0 aromatic heterocycles. The van der Waals surface area contributed by atoms with Crippen LogP contribution in [0.3, 0.4) is 0 Å². The number of carboxylic acids is 1. The average molecular weight is 210 g/mol. The average Bonchev–Trinajstić information content (AvgIpc) is 2.28. The lowest BCUT2D eigenvalue weighted by molar-refractivity contribution is -0.137. The quantitative estimate of drug-likeness (QED) is 0.760. The largest absolute Gasteiger partial charge is 0.494 e. The Morgan fingerprint density at radius 1 is 1.27 bits per heavy atom. The third-order valence-corrected chi connectivity index (χ3v) is 1.55. The van der Waals surface area contributed by atoms with Gasteiger partial charge >= 0.3 is 5.97 Å². The van der Waals surface area contributed by atoms with E-state index in [1.165, 1.54) is 0 Å². The summed E-state index contributed by atoms with van der Waals surface area (Å²) in [6, 6.07) is 9.37. The first-order valence-electron chi connectivity index (χ1n) is 5.18. The van der Waals surface area contributed by atoms with E-state index in [1.54, 1.807) is 0 Å². The molecule has 1 rings (SSSR count). The maximum Gasteiger partial charge on any atom is 0.303 e. The fraction of sp³-hybridized carbons (Fsp3) is 0.417. The van der Waals surface area contributed by atoms with Crippen LogP contribution in [0.4, 0.5) is 0 Å². The molecule has 3 heteroatoms. The monoisotopic (exact) mass is 210 g/mol. The van der Waals surface area contributed by atoms with Gasteiger partial charge in [-0.15, -0.1) is 0 Å². The second-order valence-electron chi connectivity index (χ2n) is 2.66. The van der Waals surface area contributed by atoms with Gasteiger partial charge in [0.05, 0.1) is 6.61 Å². The summed E-state index contributed by atoms with van der Waals surface area (Å²) in [5.74, 6) is 0.00421. The Hall–Kier alpha value is -1.51. The highest BCUT2D eigenvalue weighted by atomic mass is 16.5. The minimum atomic E-state index is -0.781. The topological polar surface area (TPSA) is 46.5 Å². The minimum Gasteiger partial charge on any atom is -0.494 e. The molecule has 0 unspecified atom stereocenters. The van der Waals surface area contributed by atoms with Crippen molar-refractivity contribution in [2.75, 3.05) is 6.61 Å². The summed E-state index contributed by atoms with van der Waals surface area (Å²) in [6.45, 7) is 4.45. The summed E-state index contributed by atoms with van der Waals surface area (Å²) in [6.07, 6.45) is 0.705. The van der Waals surface area contributed by atoms with Gasteiger partial charge in [0.25, 0.3) is 0 Å². The zero-order valence-electron chi connectivity index (χ0n) is 9.27. The van der Waals surface area contributed by atoms with Crippen LogP contribution in [0.25, 0.3) is 0 Å². The number of aliphatic carboxylic acids is 1. The lowest BCUT2D eigenvalue weighted by Crippen LogP contribution is -2.01. The molecule has 15 heavy (non-hydrogen) atoms.